The van der Waals surface area contributed by atoms with Crippen molar-refractivity contribution >= 4 is 0 Å². The maximum atomic E-state index is 6.29. The quantitative estimate of drug-likeness (QED) is 0.703. The van der Waals surface area contributed by atoms with E-state index in [1.807, 2.05) is 0 Å². The number of rotatable bonds is 2. The molecule has 1 saturated heterocycles. The van der Waals surface area contributed by atoms with Crippen molar-refractivity contribution < 1.29 is 9.47 Å². The van der Waals surface area contributed by atoms with Crippen LogP contribution in [0.5, 0.6) is 0 Å². The number of benzene rings is 1. The van der Waals surface area contributed by atoms with Crippen molar-refractivity contribution in [2.45, 2.75) is 96.9 Å². The Morgan fingerprint density at radius 1 is 0.958 bits per heavy atom. The monoisotopic (exact) mass is 330 g/mol. The lowest BCUT2D eigenvalue weighted by atomic mass is 9.62. The molecule has 0 radical (unpaired) electrons. The van der Waals surface area contributed by atoms with Gasteiger partial charge < -0.3 is 9.47 Å². The lowest BCUT2D eigenvalue weighted by Gasteiger charge is -2.44. The van der Waals surface area contributed by atoms with Gasteiger partial charge in [-0.2, -0.15) is 0 Å². The van der Waals surface area contributed by atoms with Crippen LogP contribution in [-0.2, 0) is 32.5 Å². The van der Waals surface area contributed by atoms with Gasteiger partial charge in [0, 0.05) is 5.56 Å². The van der Waals surface area contributed by atoms with Crippen LogP contribution in [0.25, 0.3) is 0 Å². The second-order valence-corrected chi connectivity index (χ2v) is 9.19. The fraction of sp³-hybridized carbons (Fsp3) is 0.727. The van der Waals surface area contributed by atoms with Crippen LogP contribution in [0.4, 0.5) is 0 Å². The summed E-state index contributed by atoms with van der Waals surface area (Å²) in [5.41, 5.74) is 6.07. The second kappa shape index (κ2) is 5.85. The number of ether oxygens (including phenoxy) is 2. The largest absolute Gasteiger partial charge is 0.346 e. The van der Waals surface area contributed by atoms with Gasteiger partial charge in [0.15, 0.2) is 5.79 Å². The second-order valence-electron chi connectivity index (χ2n) is 9.19. The molecular weight excluding hydrogens is 296 g/mol. The van der Waals surface area contributed by atoms with Crippen LogP contribution < -0.4 is 0 Å². The standard InChI is InChI=1S/C22H34O2/c1-8-16-13-18-19(21(5,6)11-10-20(18,3)4)14-17(16)22(7)23-12-9-15(2)24-22/h13-15H,8-12H2,1-7H3. The van der Waals surface area contributed by atoms with Gasteiger partial charge in [0.25, 0.3) is 0 Å². The summed E-state index contributed by atoms with van der Waals surface area (Å²) in [6.07, 6.45) is 4.70. The molecule has 2 atom stereocenters. The van der Waals surface area contributed by atoms with Crippen LogP contribution in [0, 0.1) is 0 Å². The molecule has 1 aromatic rings. The zero-order valence-electron chi connectivity index (χ0n) is 16.6. The van der Waals surface area contributed by atoms with E-state index in [1.54, 1.807) is 0 Å². The van der Waals surface area contributed by atoms with Crippen LogP contribution in [-0.4, -0.2) is 12.7 Å². The molecule has 3 rings (SSSR count). The lowest BCUT2D eigenvalue weighted by molar-refractivity contribution is -0.289. The van der Waals surface area contributed by atoms with Gasteiger partial charge in [0.1, 0.15) is 0 Å². The molecule has 0 N–H and O–H groups in total. The molecule has 24 heavy (non-hydrogen) atoms. The average Bonchev–Trinajstić information content (AvgIpc) is 2.50. The number of hydrogen-bond donors (Lipinski definition) is 0. The van der Waals surface area contributed by atoms with Crippen molar-refractivity contribution in [2.75, 3.05) is 6.61 Å². The van der Waals surface area contributed by atoms with E-state index in [4.69, 9.17) is 9.47 Å². The van der Waals surface area contributed by atoms with Crippen molar-refractivity contribution in [3.8, 4) is 0 Å². The molecule has 0 spiro atoms. The molecule has 1 fully saturated rings. The van der Waals surface area contributed by atoms with Crippen molar-refractivity contribution in [3.63, 3.8) is 0 Å². The summed E-state index contributed by atoms with van der Waals surface area (Å²) < 4.78 is 12.4. The van der Waals surface area contributed by atoms with Crippen molar-refractivity contribution in [1.82, 2.24) is 0 Å². The molecule has 1 aromatic carbocycles. The zero-order chi connectivity index (χ0) is 17.8. The first-order chi connectivity index (χ1) is 11.1. The summed E-state index contributed by atoms with van der Waals surface area (Å²) in [5, 5.41) is 0. The molecule has 2 nitrogen and oxygen atoms in total. The minimum atomic E-state index is -0.615. The highest BCUT2D eigenvalue weighted by Gasteiger charge is 2.41. The minimum absolute atomic E-state index is 0.211. The molecule has 1 aliphatic carbocycles. The molecule has 2 unspecified atom stereocenters. The highest BCUT2D eigenvalue weighted by molar-refractivity contribution is 5.48. The van der Waals surface area contributed by atoms with Gasteiger partial charge in [-0.3, -0.25) is 0 Å². The molecule has 0 aromatic heterocycles. The van der Waals surface area contributed by atoms with Crippen molar-refractivity contribution in [3.05, 3.63) is 34.4 Å². The Balaban J connectivity index is 2.18. The third-order valence-corrected chi connectivity index (χ3v) is 6.27. The SMILES string of the molecule is CCc1cc2c(cc1C1(C)OCCC(C)O1)C(C)(C)CCC2(C)C. The van der Waals surface area contributed by atoms with Crippen LogP contribution in [0.2, 0.25) is 0 Å². The third-order valence-electron chi connectivity index (χ3n) is 6.27. The number of aryl methyl sites for hydroxylation is 1. The van der Waals surface area contributed by atoms with Gasteiger partial charge >= 0.3 is 0 Å². The molecule has 2 heteroatoms. The summed E-state index contributed by atoms with van der Waals surface area (Å²) in [5.74, 6) is -0.615. The van der Waals surface area contributed by atoms with Gasteiger partial charge in [-0.1, -0.05) is 40.7 Å². The van der Waals surface area contributed by atoms with E-state index >= 15 is 0 Å². The van der Waals surface area contributed by atoms with Crippen molar-refractivity contribution in [1.29, 1.82) is 0 Å². The first-order valence-corrected chi connectivity index (χ1v) is 9.59. The van der Waals surface area contributed by atoms with Gasteiger partial charge in [0.05, 0.1) is 12.7 Å². The summed E-state index contributed by atoms with van der Waals surface area (Å²) in [7, 11) is 0. The smallest absolute Gasteiger partial charge is 0.192 e. The first-order valence-electron chi connectivity index (χ1n) is 9.59. The van der Waals surface area contributed by atoms with E-state index in [0.29, 0.717) is 0 Å². The maximum absolute atomic E-state index is 6.29. The molecule has 1 aliphatic heterocycles. The normalized spacial score (nSPS) is 31.5. The van der Waals surface area contributed by atoms with Gasteiger partial charge in [-0.15, -0.1) is 0 Å². The van der Waals surface area contributed by atoms with E-state index in [0.717, 1.165) is 19.4 Å². The van der Waals surface area contributed by atoms with Gasteiger partial charge in [0.2, 0.25) is 0 Å². The fourth-order valence-electron chi connectivity index (χ4n) is 4.41. The Kier molecular flexibility index (Phi) is 4.37. The first kappa shape index (κ1) is 17.9. The summed E-state index contributed by atoms with van der Waals surface area (Å²) in [6.45, 7) is 16.8. The van der Waals surface area contributed by atoms with Crippen LogP contribution in [0.3, 0.4) is 0 Å². The van der Waals surface area contributed by atoms with E-state index in [1.165, 1.54) is 35.1 Å². The molecule has 1 heterocycles. The number of fused-ring (bicyclic) bond motifs is 1. The van der Waals surface area contributed by atoms with Crippen LogP contribution in [0.1, 0.15) is 90.0 Å². The highest BCUT2D eigenvalue weighted by Crippen LogP contribution is 2.48. The maximum Gasteiger partial charge on any atom is 0.192 e. The third kappa shape index (κ3) is 2.93. The lowest BCUT2D eigenvalue weighted by Crippen LogP contribution is -2.41. The molecule has 0 amide bonds. The van der Waals surface area contributed by atoms with Crippen LogP contribution in [0.15, 0.2) is 12.1 Å². The summed E-state index contributed by atoms with van der Waals surface area (Å²) in [4.78, 5) is 0. The van der Waals surface area contributed by atoms with Crippen molar-refractivity contribution in [2.24, 2.45) is 0 Å². The number of hydrogen-bond acceptors (Lipinski definition) is 2. The van der Waals surface area contributed by atoms with Gasteiger partial charge in [-0.05, 0) is 73.1 Å². The average molecular weight is 331 g/mol. The Labute approximate surface area is 147 Å². The van der Waals surface area contributed by atoms with E-state index in [2.05, 4.69) is 60.6 Å². The van der Waals surface area contributed by atoms with Gasteiger partial charge in [-0.25, -0.2) is 0 Å². The highest BCUT2D eigenvalue weighted by atomic mass is 16.7. The Bertz CT molecular complexity index is 629. The zero-order valence-corrected chi connectivity index (χ0v) is 16.6. The van der Waals surface area contributed by atoms with Crippen LogP contribution >= 0.6 is 0 Å². The molecule has 0 saturated carbocycles. The summed E-state index contributed by atoms with van der Waals surface area (Å²) >= 11 is 0. The molecule has 0 bridgehead atoms. The molecule has 134 valence electrons. The Hall–Kier alpha value is -0.860. The Morgan fingerprint density at radius 3 is 2.08 bits per heavy atom. The molecule has 2 aliphatic rings. The van der Waals surface area contributed by atoms with E-state index in [-0.39, 0.29) is 16.9 Å². The summed E-state index contributed by atoms with van der Waals surface area (Å²) in [6, 6.07) is 4.86. The predicted octanol–water partition coefficient (Wildman–Crippen LogP) is 5.60. The topological polar surface area (TPSA) is 18.5 Å². The minimum Gasteiger partial charge on any atom is -0.346 e. The van der Waals surface area contributed by atoms with E-state index < -0.39 is 5.79 Å². The predicted molar refractivity (Wildman–Crippen MR) is 99.6 cm³/mol. The Morgan fingerprint density at radius 2 is 1.54 bits per heavy atom. The molecular formula is C22H34O2. The van der Waals surface area contributed by atoms with E-state index in [9.17, 15) is 0 Å². The fourth-order valence-corrected chi connectivity index (χ4v) is 4.41.